The van der Waals surface area contributed by atoms with Crippen LogP contribution in [0.3, 0.4) is 0 Å². The van der Waals surface area contributed by atoms with Gasteiger partial charge in [0.15, 0.2) is 0 Å². The molecule has 1 aromatic rings. The van der Waals surface area contributed by atoms with Gasteiger partial charge in [0.25, 0.3) is 0 Å². The quantitative estimate of drug-likeness (QED) is 0.410. The van der Waals surface area contributed by atoms with Gasteiger partial charge < -0.3 is 0 Å². The fourth-order valence-corrected chi connectivity index (χ4v) is 3.67. The molecule has 1 fully saturated rings. The van der Waals surface area contributed by atoms with Crippen LogP contribution in [0.2, 0.25) is 0 Å². The zero-order chi connectivity index (χ0) is 14.1. The van der Waals surface area contributed by atoms with Crippen molar-refractivity contribution in [3.05, 3.63) is 30.3 Å². The smallest absolute Gasteiger partial charge is 0.132 e. The molecule has 1 aliphatic heterocycles. The summed E-state index contributed by atoms with van der Waals surface area (Å²) in [6.07, 6.45) is 12.7. The maximum Gasteiger partial charge on any atom is 0.132 e. The maximum atomic E-state index is 2.34. The molecule has 112 valence electrons. The highest BCUT2D eigenvalue weighted by Crippen LogP contribution is 2.29. The van der Waals surface area contributed by atoms with Gasteiger partial charge in [0.1, 0.15) is 5.69 Å². The van der Waals surface area contributed by atoms with E-state index in [4.69, 9.17) is 0 Å². The molecule has 0 aliphatic carbocycles. The van der Waals surface area contributed by atoms with E-state index in [0.717, 1.165) is 0 Å². The summed E-state index contributed by atoms with van der Waals surface area (Å²) in [5, 5.41) is 0. The van der Waals surface area contributed by atoms with Crippen LogP contribution >= 0.6 is 0 Å². The van der Waals surface area contributed by atoms with Crippen LogP contribution in [0.5, 0.6) is 0 Å². The minimum Gasteiger partial charge on any atom is -0.291 e. The average molecular weight is 274 g/mol. The number of benzene rings is 1. The Hall–Kier alpha value is -0.820. The molecule has 1 aromatic carbocycles. The van der Waals surface area contributed by atoms with E-state index in [1.807, 2.05) is 0 Å². The van der Waals surface area contributed by atoms with Gasteiger partial charge in [0, 0.05) is 12.8 Å². The number of unbranched alkanes of at least 4 members (excludes halogenated alkanes) is 6. The van der Waals surface area contributed by atoms with Crippen LogP contribution in [-0.2, 0) is 0 Å². The van der Waals surface area contributed by atoms with Gasteiger partial charge in [-0.05, 0) is 25.0 Å². The topological polar surface area (TPSA) is 0 Å². The third-order valence-corrected chi connectivity index (χ3v) is 4.92. The molecule has 1 heteroatoms. The molecule has 0 saturated carbocycles. The summed E-state index contributed by atoms with van der Waals surface area (Å²) < 4.78 is 1.26. The van der Waals surface area contributed by atoms with Crippen molar-refractivity contribution in [2.24, 2.45) is 0 Å². The van der Waals surface area contributed by atoms with Gasteiger partial charge in [-0.3, -0.25) is 4.48 Å². The maximum absolute atomic E-state index is 2.34. The van der Waals surface area contributed by atoms with Crippen molar-refractivity contribution >= 4 is 5.69 Å². The van der Waals surface area contributed by atoms with E-state index in [1.165, 1.54) is 81.9 Å². The number of hydrogen-bond donors (Lipinski definition) is 0. The highest BCUT2D eigenvalue weighted by atomic mass is 15.4. The molecule has 0 atom stereocenters. The molecule has 2 rings (SSSR count). The molecule has 1 aliphatic rings. The van der Waals surface area contributed by atoms with Crippen LogP contribution < -0.4 is 4.48 Å². The first-order chi connectivity index (χ1) is 9.87. The number of nitrogens with zero attached hydrogens (tertiary/aromatic N) is 1. The molecule has 1 heterocycles. The Kier molecular flexibility index (Phi) is 6.59. The standard InChI is InChI=1S/C19H32N/c1-2-3-4-5-6-7-11-16-20(17-12-13-18-20)19-14-9-8-10-15-19/h8-10,14-15H,2-7,11-13,16-18H2,1H3/q+1. The SMILES string of the molecule is CCCCCCCCC[N+]1(c2ccccc2)CCCC1. The number of rotatable bonds is 9. The average Bonchev–Trinajstić information content (AvgIpc) is 2.97. The van der Waals surface area contributed by atoms with Gasteiger partial charge in [-0.1, -0.05) is 57.2 Å². The molecule has 1 saturated heterocycles. The molecule has 0 amide bonds. The van der Waals surface area contributed by atoms with Gasteiger partial charge in [-0.15, -0.1) is 0 Å². The van der Waals surface area contributed by atoms with Crippen LogP contribution in [0.25, 0.3) is 0 Å². The molecule has 0 unspecified atom stereocenters. The van der Waals surface area contributed by atoms with Crippen LogP contribution in [-0.4, -0.2) is 19.6 Å². The summed E-state index contributed by atoms with van der Waals surface area (Å²) in [5.41, 5.74) is 1.55. The summed E-state index contributed by atoms with van der Waals surface area (Å²) in [7, 11) is 0. The van der Waals surface area contributed by atoms with Crippen LogP contribution in [0.4, 0.5) is 5.69 Å². The minimum atomic E-state index is 1.26. The van der Waals surface area contributed by atoms with E-state index in [-0.39, 0.29) is 0 Å². The first-order valence-corrected chi connectivity index (χ1v) is 8.79. The highest BCUT2D eigenvalue weighted by Gasteiger charge is 2.33. The third-order valence-electron chi connectivity index (χ3n) is 4.92. The van der Waals surface area contributed by atoms with Crippen molar-refractivity contribution in [2.75, 3.05) is 19.6 Å². The minimum absolute atomic E-state index is 1.26. The molecule has 0 bridgehead atoms. The van der Waals surface area contributed by atoms with E-state index in [9.17, 15) is 0 Å². The van der Waals surface area contributed by atoms with Crippen molar-refractivity contribution in [1.29, 1.82) is 0 Å². The zero-order valence-corrected chi connectivity index (χ0v) is 13.3. The Morgan fingerprint density at radius 3 is 2.05 bits per heavy atom. The van der Waals surface area contributed by atoms with Gasteiger partial charge >= 0.3 is 0 Å². The number of likely N-dealkylation sites (tertiary alicyclic amines) is 1. The molecule has 0 aromatic heterocycles. The van der Waals surface area contributed by atoms with E-state index < -0.39 is 0 Å². The largest absolute Gasteiger partial charge is 0.291 e. The second-order valence-electron chi connectivity index (χ2n) is 6.48. The van der Waals surface area contributed by atoms with E-state index in [1.54, 1.807) is 5.69 Å². The monoisotopic (exact) mass is 274 g/mol. The van der Waals surface area contributed by atoms with Gasteiger partial charge in [-0.2, -0.15) is 0 Å². The lowest BCUT2D eigenvalue weighted by Crippen LogP contribution is -2.47. The molecule has 20 heavy (non-hydrogen) atoms. The Labute approximate surface area is 125 Å². The molecule has 0 N–H and O–H groups in total. The van der Waals surface area contributed by atoms with Crippen molar-refractivity contribution in [2.45, 2.75) is 64.7 Å². The number of hydrogen-bond acceptors (Lipinski definition) is 0. The molecular formula is C19H32N+. The lowest BCUT2D eigenvalue weighted by Gasteiger charge is -2.34. The van der Waals surface area contributed by atoms with Gasteiger partial charge in [0.05, 0.1) is 19.6 Å². The zero-order valence-electron chi connectivity index (χ0n) is 13.3. The number of para-hydroxylation sites is 1. The van der Waals surface area contributed by atoms with Gasteiger partial charge in [0.2, 0.25) is 0 Å². The Balaban J connectivity index is 1.76. The van der Waals surface area contributed by atoms with E-state index >= 15 is 0 Å². The predicted octanol–water partition coefficient (Wildman–Crippen LogP) is 5.54. The lowest BCUT2D eigenvalue weighted by atomic mass is 10.1. The normalized spacial score (nSPS) is 17.4. The summed E-state index contributed by atoms with van der Waals surface area (Å²) in [6, 6.07) is 11.2. The fourth-order valence-electron chi connectivity index (χ4n) is 3.67. The van der Waals surface area contributed by atoms with Crippen molar-refractivity contribution in [3.8, 4) is 0 Å². The first kappa shape index (κ1) is 15.6. The van der Waals surface area contributed by atoms with E-state index in [0.29, 0.717) is 0 Å². The molecule has 0 radical (unpaired) electrons. The molecule has 1 nitrogen and oxygen atoms in total. The van der Waals surface area contributed by atoms with Gasteiger partial charge in [-0.25, -0.2) is 0 Å². The number of quaternary nitrogens is 1. The summed E-state index contributed by atoms with van der Waals surface area (Å²) >= 11 is 0. The summed E-state index contributed by atoms with van der Waals surface area (Å²) in [6.45, 7) is 6.37. The second-order valence-corrected chi connectivity index (χ2v) is 6.48. The Morgan fingerprint density at radius 1 is 0.800 bits per heavy atom. The predicted molar refractivity (Wildman–Crippen MR) is 90.1 cm³/mol. The van der Waals surface area contributed by atoms with Crippen molar-refractivity contribution < 1.29 is 0 Å². The Morgan fingerprint density at radius 2 is 1.40 bits per heavy atom. The van der Waals surface area contributed by atoms with Crippen LogP contribution in [0.15, 0.2) is 30.3 Å². The van der Waals surface area contributed by atoms with Crippen LogP contribution in [0, 0.1) is 0 Å². The summed E-state index contributed by atoms with van der Waals surface area (Å²) in [5.74, 6) is 0. The Bertz CT molecular complexity index is 351. The molecule has 0 spiro atoms. The molecular weight excluding hydrogens is 242 g/mol. The van der Waals surface area contributed by atoms with Crippen molar-refractivity contribution in [3.63, 3.8) is 0 Å². The lowest BCUT2D eigenvalue weighted by molar-refractivity contribution is 0.322. The third kappa shape index (κ3) is 4.34. The van der Waals surface area contributed by atoms with Crippen molar-refractivity contribution in [1.82, 2.24) is 4.48 Å². The summed E-state index contributed by atoms with van der Waals surface area (Å²) in [4.78, 5) is 0. The second kappa shape index (κ2) is 8.46. The highest BCUT2D eigenvalue weighted by molar-refractivity contribution is 5.43. The van der Waals surface area contributed by atoms with Crippen LogP contribution in [0.1, 0.15) is 64.7 Å². The van der Waals surface area contributed by atoms with E-state index in [2.05, 4.69) is 37.3 Å². The first-order valence-electron chi connectivity index (χ1n) is 8.79. The fraction of sp³-hybridized carbons (Fsp3) is 0.684.